The van der Waals surface area contributed by atoms with Gasteiger partial charge in [0.1, 0.15) is 20.8 Å². The molecule has 0 bridgehead atoms. The minimum Gasteiger partial charge on any atom is -0.396 e. The normalized spacial score (nSPS) is 19.6. The number of rotatable bonds is 5. The van der Waals surface area contributed by atoms with Crippen molar-refractivity contribution in [3.05, 3.63) is 4.88 Å². The van der Waals surface area contributed by atoms with Crippen molar-refractivity contribution in [1.29, 1.82) is 5.26 Å². The molecule has 0 radical (unpaired) electrons. The van der Waals surface area contributed by atoms with Crippen molar-refractivity contribution in [3.63, 3.8) is 0 Å². The van der Waals surface area contributed by atoms with Crippen LogP contribution in [0, 0.1) is 17.2 Å². The van der Waals surface area contributed by atoms with Gasteiger partial charge in [-0.15, -0.1) is 11.3 Å². The van der Waals surface area contributed by atoms with E-state index in [9.17, 15) is 8.42 Å². The summed E-state index contributed by atoms with van der Waals surface area (Å²) in [6.45, 7) is 5.97. The van der Waals surface area contributed by atoms with Gasteiger partial charge in [-0.25, -0.2) is 8.42 Å². The fourth-order valence-electron chi connectivity index (χ4n) is 2.60. The quantitative estimate of drug-likeness (QED) is 0.846. The Morgan fingerprint density at radius 2 is 2.29 bits per heavy atom. The smallest absolute Gasteiger partial charge is 0.180 e. The number of nitrogens with two attached hydrogens (primary N) is 1. The molecule has 1 aliphatic rings. The van der Waals surface area contributed by atoms with Crippen LogP contribution in [0.5, 0.6) is 0 Å². The molecule has 1 saturated heterocycles. The zero-order chi connectivity index (χ0) is 15.6. The molecule has 0 saturated carbocycles. The van der Waals surface area contributed by atoms with E-state index in [2.05, 4.69) is 17.1 Å². The van der Waals surface area contributed by atoms with Crippen LogP contribution in [-0.2, 0) is 9.84 Å². The topological polar surface area (TPSA) is 99.2 Å². The Balaban J connectivity index is 2.16. The predicted molar refractivity (Wildman–Crippen MR) is 85.3 cm³/mol. The van der Waals surface area contributed by atoms with Crippen LogP contribution >= 0.6 is 11.3 Å². The monoisotopic (exact) mass is 328 g/mol. The van der Waals surface area contributed by atoms with Crippen molar-refractivity contribution >= 4 is 31.9 Å². The maximum absolute atomic E-state index is 11.9. The summed E-state index contributed by atoms with van der Waals surface area (Å²) in [6.07, 6.45) is 2.22. The van der Waals surface area contributed by atoms with Gasteiger partial charge in [0.05, 0.1) is 5.69 Å². The van der Waals surface area contributed by atoms with Crippen molar-refractivity contribution in [3.8, 4) is 6.07 Å². The third-order valence-electron chi connectivity index (χ3n) is 3.74. The van der Waals surface area contributed by atoms with Gasteiger partial charge in [-0.1, -0.05) is 6.92 Å². The van der Waals surface area contributed by atoms with E-state index < -0.39 is 9.84 Å². The Labute approximate surface area is 129 Å². The van der Waals surface area contributed by atoms with Gasteiger partial charge < -0.3 is 16.0 Å². The average Bonchev–Trinajstić information content (AvgIpc) is 2.99. The highest BCUT2D eigenvalue weighted by Crippen LogP contribution is 2.38. The number of hydrogen-bond donors (Lipinski definition) is 2. The Kier molecular flexibility index (Phi) is 4.76. The van der Waals surface area contributed by atoms with E-state index in [0.29, 0.717) is 17.5 Å². The Bertz CT molecular complexity index is 660. The van der Waals surface area contributed by atoms with Crippen molar-refractivity contribution in [1.82, 2.24) is 4.90 Å². The molecule has 2 rings (SSSR count). The number of nitrogen functional groups attached to an aromatic ring is 1. The van der Waals surface area contributed by atoms with Crippen molar-refractivity contribution in [2.75, 3.05) is 43.5 Å². The molecule has 1 aromatic rings. The first kappa shape index (κ1) is 16.1. The van der Waals surface area contributed by atoms with Crippen LogP contribution in [0.1, 0.15) is 18.2 Å². The molecule has 21 heavy (non-hydrogen) atoms. The van der Waals surface area contributed by atoms with Crippen LogP contribution in [-0.4, -0.2) is 45.8 Å². The second-order valence-corrected chi connectivity index (χ2v) is 8.29. The summed E-state index contributed by atoms with van der Waals surface area (Å²) in [5.41, 5.74) is 5.85. The third-order valence-corrected chi connectivity index (χ3v) is 6.10. The Morgan fingerprint density at radius 1 is 1.57 bits per heavy atom. The van der Waals surface area contributed by atoms with Gasteiger partial charge in [-0.2, -0.15) is 5.26 Å². The molecule has 1 aromatic heterocycles. The number of likely N-dealkylation sites (tertiary alicyclic amines) is 1. The lowest BCUT2D eigenvalue weighted by Gasteiger charge is -2.14. The molecule has 1 unspecified atom stereocenters. The molecule has 0 aromatic carbocycles. The summed E-state index contributed by atoms with van der Waals surface area (Å²) in [7, 11) is -3.45. The maximum atomic E-state index is 11.9. The van der Waals surface area contributed by atoms with Gasteiger partial charge in [-0.3, -0.25) is 0 Å². The van der Waals surface area contributed by atoms with Gasteiger partial charge in [0.15, 0.2) is 9.84 Å². The molecule has 6 nitrogen and oxygen atoms in total. The number of nitriles is 1. The number of anilines is 2. The van der Waals surface area contributed by atoms with Gasteiger partial charge in [0.25, 0.3) is 0 Å². The zero-order valence-electron chi connectivity index (χ0n) is 12.2. The van der Waals surface area contributed by atoms with Crippen molar-refractivity contribution < 1.29 is 8.42 Å². The molecule has 1 aliphatic heterocycles. The van der Waals surface area contributed by atoms with E-state index >= 15 is 0 Å². The molecule has 1 fully saturated rings. The summed E-state index contributed by atoms with van der Waals surface area (Å²) < 4.78 is 23.7. The molecule has 1 atom stereocenters. The summed E-state index contributed by atoms with van der Waals surface area (Å²) >= 11 is 1.11. The first-order valence-electron chi connectivity index (χ1n) is 6.85. The highest BCUT2D eigenvalue weighted by Gasteiger charge is 2.26. The summed E-state index contributed by atoms with van der Waals surface area (Å²) in [5.74, 6) is 0.492. The average molecular weight is 328 g/mol. The van der Waals surface area contributed by atoms with E-state index in [0.717, 1.165) is 43.6 Å². The molecular formula is C13H20N4O2S2. The summed E-state index contributed by atoms with van der Waals surface area (Å²) in [4.78, 5) is 2.68. The fourth-order valence-corrected chi connectivity index (χ4v) is 4.97. The van der Waals surface area contributed by atoms with Crippen LogP contribution in [0.3, 0.4) is 0 Å². The molecule has 116 valence electrons. The van der Waals surface area contributed by atoms with Crippen LogP contribution in [0.25, 0.3) is 0 Å². The lowest BCUT2D eigenvalue weighted by atomic mass is 10.1. The molecule has 0 amide bonds. The van der Waals surface area contributed by atoms with E-state index in [-0.39, 0.29) is 15.5 Å². The van der Waals surface area contributed by atoms with E-state index in [1.54, 1.807) is 0 Å². The molecule has 0 aliphatic carbocycles. The first-order valence-corrected chi connectivity index (χ1v) is 9.56. The van der Waals surface area contributed by atoms with Crippen molar-refractivity contribution in [2.45, 2.75) is 18.2 Å². The highest BCUT2D eigenvalue weighted by atomic mass is 32.2. The largest absolute Gasteiger partial charge is 0.396 e. The molecule has 8 heteroatoms. The highest BCUT2D eigenvalue weighted by molar-refractivity contribution is 7.91. The molecule has 0 spiro atoms. The zero-order valence-corrected chi connectivity index (χ0v) is 13.9. The van der Waals surface area contributed by atoms with Crippen LogP contribution in [0.2, 0.25) is 0 Å². The second kappa shape index (κ2) is 6.22. The third kappa shape index (κ3) is 3.48. The summed E-state index contributed by atoms with van der Waals surface area (Å²) in [6, 6.07) is 1.95. The SMILES string of the molecule is CCN1CCC(CNc2sc(C#N)c(N)c2S(C)(=O)=O)C1. The minimum absolute atomic E-state index is 0.0640. The number of nitrogens with one attached hydrogen (secondary N) is 1. The number of sulfone groups is 1. The molecule has 3 N–H and O–H groups in total. The van der Waals surface area contributed by atoms with Gasteiger partial charge >= 0.3 is 0 Å². The van der Waals surface area contributed by atoms with Crippen LogP contribution in [0.15, 0.2) is 4.90 Å². The predicted octanol–water partition coefficient (Wildman–Crippen LogP) is 1.36. The lowest BCUT2D eigenvalue weighted by molar-refractivity contribution is 0.345. The van der Waals surface area contributed by atoms with Gasteiger partial charge in [-0.05, 0) is 25.4 Å². The Hall–Kier alpha value is -1.30. The lowest BCUT2D eigenvalue weighted by Crippen LogP contribution is -2.22. The number of hydrogen-bond acceptors (Lipinski definition) is 7. The Morgan fingerprint density at radius 3 is 2.81 bits per heavy atom. The van der Waals surface area contributed by atoms with Crippen molar-refractivity contribution in [2.24, 2.45) is 5.92 Å². The van der Waals surface area contributed by atoms with Crippen LogP contribution in [0.4, 0.5) is 10.7 Å². The number of nitrogens with zero attached hydrogens (tertiary/aromatic N) is 2. The maximum Gasteiger partial charge on any atom is 0.180 e. The van der Waals surface area contributed by atoms with E-state index in [1.165, 1.54) is 0 Å². The van der Waals surface area contributed by atoms with Crippen LogP contribution < -0.4 is 11.1 Å². The molecule has 2 heterocycles. The van der Waals surface area contributed by atoms with E-state index in [1.807, 2.05) is 6.07 Å². The van der Waals surface area contributed by atoms with Gasteiger partial charge in [0.2, 0.25) is 0 Å². The molecular weight excluding hydrogens is 308 g/mol. The summed E-state index contributed by atoms with van der Waals surface area (Å²) in [5, 5.41) is 12.7. The van der Waals surface area contributed by atoms with Gasteiger partial charge in [0, 0.05) is 19.3 Å². The van der Waals surface area contributed by atoms with E-state index in [4.69, 9.17) is 11.0 Å². The fraction of sp³-hybridized carbons (Fsp3) is 0.615. The first-order chi connectivity index (χ1) is 9.86. The standard InChI is InChI=1S/C13H20N4O2S2/c1-3-17-5-4-9(8-17)7-16-13-12(21(2,18)19)11(15)10(6-14)20-13/h9,16H,3-5,7-8,15H2,1-2H3. The minimum atomic E-state index is -3.45. The second-order valence-electron chi connectivity index (χ2n) is 5.32. The number of thiophene rings is 1.